The van der Waals surface area contributed by atoms with Crippen LogP contribution in [0.4, 0.5) is 5.13 Å². The molecule has 6 nitrogen and oxygen atoms in total. The van der Waals surface area contributed by atoms with E-state index in [0.29, 0.717) is 26.4 Å². The first-order valence-corrected chi connectivity index (χ1v) is 12.0. The number of hydrogen-bond donors (Lipinski definition) is 1. The Labute approximate surface area is 189 Å². The first-order valence-electron chi connectivity index (χ1n) is 8.90. The second kappa shape index (κ2) is 9.03. The highest BCUT2D eigenvalue weighted by atomic mass is 35.5. The van der Waals surface area contributed by atoms with Crippen molar-refractivity contribution in [3.8, 4) is 11.3 Å². The fourth-order valence-corrected chi connectivity index (χ4v) is 4.89. The summed E-state index contributed by atoms with van der Waals surface area (Å²) in [7, 11) is -2.08. The number of thiazole rings is 1. The number of aromatic nitrogens is 1. The molecule has 0 aliphatic carbocycles. The molecular formula is C20H19Cl2N3O3S2. The fourth-order valence-electron chi connectivity index (χ4n) is 2.51. The summed E-state index contributed by atoms with van der Waals surface area (Å²) in [6, 6.07) is 10.8. The number of amides is 1. The first kappa shape index (κ1) is 22.7. The molecule has 1 heterocycles. The maximum Gasteiger partial charge on any atom is 0.257 e. The van der Waals surface area contributed by atoms with Gasteiger partial charge in [-0.3, -0.25) is 10.1 Å². The van der Waals surface area contributed by atoms with Crippen molar-refractivity contribution in [1.82, 2.24) is 9.29 Å². The average molecular weight is 484 g/mol. The molecule has 0 atom stereocenters. The summed E-state index contributed by atoms with van der Waals surface area (Å²) in [5, 5.41) is 5.81. The highest BCUT2D eigenvalue weighted by Gasteiger charge is 2.23. The van der Waals surface area contributed by atoms with Crippen molar-refractivity contribution in [3.05, 3.63) is 63.5 Å². The number of halogens is 2. The standard InChI is InChI=1S/C20H19Cl2N3O3S2/c1-12(2)25(3)30(27,28)15-7-4-13(5-8-15)19(26)24-20-23-18(11-29-20)14-6-9-16(21)17(22)10-14/h4-12H,1-3H3,(H,23,24,26). The number of nitrogens with zero attached hydrogens (tertiary/aromatic N) is 2. The number of carbonyl (C=O) groups excluding carboxylic acids is 1. The zero-order valence-corrected chi connectivity index (χ0v) is 19.5. The Morgan fingerprint density at radius 1 is 1.10 bits per heavy atom. The predicted octanol–water partition coefficient (Wildman–Crippen LogP) is 5.40. The lowest BCUT2D eigenvalue weighted by atomic mass is 10.2. The summed E-state index contributed by atoms with van der Waals surface area (Å²) < 4.78 is 26.3. The Bertz CT molecular complexity index is 1180. The third-order valence-electron chi connectivity index (χ3n) is 4.46. The van der Waals surface area contributed by atoms with E-state index in [-0.39, 0.29) is 16.8 Å². The highest BCUT2D eigenvalue weighted by Crippen LogP contribution is 2.30. The summed E-state index contributed by atoms with van der Waals surface area (Å²) >= 11 is 13.2. The van der Waals surface area contributed by atoms with Crippen molar-refractivity contribution in [2.45, 2.75) is 24.8 Å². The van der Waals surface area contributed by atoms with E-state index < -0.39 is 10.0 Å². The highest BCUT2D eigenvalue weighted by molar-refractivity contribution is 7.89. The molecule has 0 saturated heterocycles. The Kier molecular flexibility index (Phi) is 6.84. The zero-order valence-electron chi connectivity index (χ0n) is 16.4. The SMILES string of the molecule is CC(C)N(C)S(=O)(=O)c1ccc(C(=O)Nc2nc(-c3ccc(Cl)c(Cl)c3)cs2)cc1. The van der Waals surface area contributed by atoms with E-state index in [2.05, 4.69) is 10.3 Å². The second-order valence-corrected chi connectivity index (χ2v) is 10.4. The molecule has 3 aromatic rings. The van der Waals surface area contributed by atoms with Gasteiger partial charge in [0.25, 0.3) is 5.91 Å². The molecule has 30 heavy (non-hydrogen) atoms. The molecule has 2 aromatic carbocycles. The van der Waals surface area contributed by atoms with E-state index in [0.717, 1.165) is 5.56 Å². The van der Waals surface area contributed by atoms with Gasteiger partial charge in [0.1, 0.15) is 0 Å². The van der Waals surface area contributed by atoms with Gasteiger partial charge in [0.05, 0.1) is 20.6 Å². The summed E-state index contributed by atoms with van der Waals surface area (Å²) in [6.07, 6.45) is 0. The Balaban J connectivity index is 1.74. The molecular weight excluding hydrogens is 465 g/mol. The molecule has 0 unspecified atom stereocenters. The first-order chi connectivity index (χ1) is 14.1. The molecule has 1 amide bonds. The van der Waals surface area contributed by atoms with Gasteiger partial charge in [0.2, 0.25) is 10.0 Å². The van der Waals surface area contributed by atoms with Crippen LogP contribution in [-0.2, 0) is 10.0 Å². The molecule has 0 spiro atoms. The predicted molar refractivity (Wildman–Crippen MR) is 122 cm³/mol. The zero-order chi connectivity index (χ0) is 22.1. The van der Waals surface area contributed by atoms with Gasteiger partial charge in [-0.1, -0.05) is 29.3 Å². The number of sulfonamides is 1. The molecule has 158 valence electrons. The summed E-state index contributed by atoms with van der Waals surface area (Å²) in [6.45, 7) is 3.58. The van der Waals surface area contributed by atoms with E-state index in [1.54, 1.807) is 37.4 Å². The van der Waals surface area contributed by atoms with Gasteiger partial charge in [-0.25, -0.2) is 13.4 Å². The van der Waals surface area contributed by atoms with E-state index in [1.165, 1.54) is 47.0 Å². The normalized spacial score (nSPS) is 11.8. The van der Waals surface area contributed by atoms with Gasteiger partial charge in [-0.15, -0.1) is 11.3 Å². The van der Waals surface area contributed by atoms with Gasteiger partial charge in [-0.2, -0.15) is 4.31 Å². The average Bonchev–Trinajstić information content (AvgIpc) is 3.17. The minimum Gasteiger partial charge on any atom is -0.298 e. The smallest absolute Gasteiger partial charge is 0.257 e. The molecule has 3 rings (SSSR count). The maximum atomic E-state index is 12.5. The number of hydrogen-bond acceptors (Lipinski definition) is 5. The number of anilines is 1. The molecule has 0 aliphatic rings. The maximum absolute atomic E-state index is 12.5. The van der Waals surface area contributed by atoms with Gasteiger partial charge >= 0.3 is 0 Å². The van der Waals surface area contributed by atoms with Crippen LogP contribution in [0, 0.1) is 0 Å². The molecule has 0 aliphatic heterocycles. The Morgan fingerprint density at radius 3 is 2.37 bits per heavy atom. The summed E-state index contributed by atoms with van der Waals surface area (Å²) in [5.74, 6) is -0.383. The second-order valence-electron chi connectivity index (χ2n) is 6.76. The monoisotopic (exact) mass is 483 g/mol. The van der Waals surface area contributed by atoms with Crippen molar-refractivity contribution in [1.29, 1.82) is 0 Å². The fraction of sp³-hybridized carbons (Fsp3) is 0.200. The largest absolute Gasteiger partial charge is 0.298 e. The van der Waals surface area contributed by atoms with Crippen LogP contribution in [0.1, 0.15) is 24.2 Å². The van der Waals surface area contributed by atoms with E-state index in [9.17, 15) is 13.2 Å². The molecule has 0 saturated carbocycles. The minimum atomic E-state index is -3.60. The lowest BCUT2D eigenvalue weighted by Crippen LogP contribution is -2.33. The van der Waals surface area contributed by atoms with Crippen LogP contribution < -0.4 is 5.32 Å². The van der Waals surface area contributed by atoms with Crippen LogP contribution >= 0.6 is 34.5 Å². The van der Waals surface area contributed by atoms with Crippen LogP contribution in [0.2, 0.25) is 10.0 Å². The van der Waals surface area contributed by atoms with E-state index in [4.69, 9.17) is 23.2 Å². The number of carbonyl (C=O) groups is 1. The Hall–Kier alpha value is -1.97. The number of nitrogens with one attached hydrogen (secondary N) is 1. The topological polar surface area (TPSA) is 79.4 Å². The van der Waals surface area contributed by atoms with Gasteiger partial charge in [0, 0.05) is 29.6 Å². The minimum absolute atomic E-state index is 0.131. The van der Waals surface area contributed by atoms with Crippen molar-refractivity contribution < 1.29 is 13.2 Å². The van der Waals surface area contributed by atoms with Crippen molar-refractivity contribution in [2.24, 2.45) is 0 Å². The van der Waals surface area contributed by atoms with Crippen LogP contribution in [0.3, 0.4) is 0 Å². The number of benzene rings is 2. The third-order valence-corrected chi connectivity index (χ3v) is 8.01. The van der Waals surface area contributed by atoms with E-state index >= 15 is 0 Å². The van der Waals surface area contributed by atoms with Crippen molar-refractivity contribution in [2.75, 3.05) is 12.4 Å². The van der Waals surface area contributed by atoms with Crippen LogP contribution in [0.25, 0.3) is 11.3 Å². The van der Waals surface area contributed by atoms with Gasteiger partial charge in [-0.05, 0) is 50.2 Å². The molecule has 0 radical (unpaired) electrons. The number of rotatable bonds is 6. The van der Waals surface area contributed by atoms with Crippen LogP contribution in [-0.4, -0.2) is 36.7 Å². The van der Waals surface area contributed by atoms with Gasteiger partial charge in [0.15, 0.2) is 5.13 Å². The molecule has 1 aromatic heterocycles. The van der Waals surface area contributed by atoms with Crippen LogP contribution in [0.5, 0.6) is 0 Å². The van der Waals surface area contributed by atoms with Crippen molar-refractivity contribution in [3.63, 3.8) is 0 Å². The summed E-state index contributed by atoms with van der Waals surface area (Å²) in [4.78, 5) is 17.0. The van der Waals surface area contributed by atoms with Crippen LogP contribution in [0.15, 0.2) is 52.7 Å². The summed E-state index contributed by atoms with van der Waals surface area (Å²) in [5.41, 5.74) is 1.77. The molecule has 0 fully saturated rings. The lowest BCUT2D eigenvalue weighted by Gasteiger charge is -2.20. The molecule has 1 N–H and O–H groups in total. The quantitative estimate of drug-likeness (QED) is 0.508. The van der Waals surface area contributed by atoms with Crippen molar-refractivity contribution >= 4 is 55.6 Å². The van der Waals surface area contributed by atoms with Gasteiger partial charge < -0.3 is 0 Å². The molecule has 10 heteroatoms. The Morgan fingerprint density at radius 2 is 1.77 bits per heavy atom. The third kappa shape index (κ3) is 4.84. The lowest BCUT2D eigenvalue weighted by molar-refractivity contribution is 0.102. The molecule has 0 bridgehead atoms. The van der Waals surface area contributed by atoms with E-state index in [1.807, 2.05) is 0 Å².